The monoisotopic (exact) mass is 392 g/mol. The van der Waals surface area contributed by atoms with Crippen LogP contribution in [0.2, 0.25) is 0 Å². The summed E-state index contributed by atoms with van der Waals surface area (Å²) in [6, 6.07) is 13.8. The molecule has 1 saturated heterocycles. The van der Waals surface area contributed by atoms with Crippen LogP contribution in [0, 0.1) is 5.82 Å². The number of halogens is 1. The molecule has 1 atom stereocenters. The molecule has 3 aromatic rings. The molecule has 5 rings (SSSR count). The van der Waals surface area contributed by atoms with E-state index in [-0.39, 0.29) is 11.7 Å². The molecule has 2 aromatic carbocycles. The van der Waals surface area contributed by atoms with Crippen molar-refractivity contribution < 1.29 is 13.9 Å². The third-order valence-electron chi connectivity index (χ3n) is 5.55. The number of anilines is 1. The predicted molar refractivity (Wildman–Crippen MR) is 108 cm³/mol. The molecule has 0 bridgehead atoms. The van der Waals surface area contributed by atoms with E-state index in [0.717, 1.165) is 22.3 Å². The number of rotatable bonds is 2. The number of amides is 1. The molecule has 3 heterocycles. The smallest absolute Gasteiger partial charge is 0.254 e. The lowest BCUT2D eigenvalue weighted by Crippen LogP contribution is -2.44. The van der Waals surface area contributed by atoms with Crippen molar-refractivity contribution in [1.29, 1.82) is 0 Å². The van der Waals surface area contributed by atoms with Crippen molar-refractivity contribution >= 4 is 22.9 Å². The molecule has 0 unspecified atom stereocenters. The van der Waals surface area contributed by atoms with Crippen LogP contribution in [0.25, 0.3) is 11.0 Å². The molecule has 0 saturated carbocycles. The van der Waals surface area contributed by atoms with Gasteiger partial charge in [0.25, 0.3) is 5.91 Å². The topological polar surface area (TPSA) is 59.4 Å². The van der Waals surface area contributed by atoms with Gasteiger partial charge in [-0.15, -0.1) is 0 Å². The molecule has 2 aliphatic heterocycles. The average Bonchev–Trinajstić information content (AvgIpc) is 3.11. The van der Waals surface area contributed by atoms with Crippen molar-refractivity contribution in [2.45, 2.75) is 13.0 Å². The highest BCUT2D eigenvalue weighted by Gasteiger charge is 2.36. The Morgan fingerprint density at radius 2 is 1.86 bits per heavy atom. The maximum atomic E-state index is 13.6. The van der Waals surface area contributed by atoms with Gasteiger partial charge < -0.3 is 15.0 Å². The van der Waals surface area contributed by atoms with E-state index < -0.39 is 6.04 Å². The van der Waals surface area contributed by atoms with Gasteiger partial charge in [0.15, 0.2) is 0 Å². The number of hydrogen-bond acceptors (Lipinski definition) is 4. The SMILES string of the molecule is CC1=C(C(=O)N2CCOCC2)[C@H](c2ccc(F)cc2)n2c(nc3ccccc32)N1. The predicted octanol–water partition coefficient (Wildman–Crippen LogP) is 3.32. The Morgan fingerprint density at radius 1 is 1.14 bits per heavy atom. The second-order valence-electron chi connectivity index (χ2n) is 7.32. The molecule has 0 spiro atoms. The largest absolute Gasteiger partial charge is 0.378 e. The van der Waals surface area contributed by atoms with Crippen LogP contribution >= 0.6 is 0 Å². The van der Waals surface area contributed by atoms with Crippen LogP contribution in [0.1, 0.15) is 18.5 Å². The fraction of sp³-hybridized carbons (Fsp3) is 0.273. The number of para-hydroxylation sites is 2. The van der Waals surface area contributed by atoms with Gasteiger partial charge in [0.2, 0.25) is 5.95 Å². The molecule has 7 heteroatoms. The van der Waals surface area contributed by atoms with Crippen molar-refractivity contribution in [1.82, 2.24) is 14.5 Å². The lowest BCUT2D eigenvalue weighted by Gasteiger charge is -2.35. The minimum absolute atomic E-state index is 0.0314. The van der Waals surface area contributed by atoms with Gasteiger partial charge in [0.1, 0.15) is 5.82 Å². The highest BCUT2D eigenvalue weighted by molar-refractivity contribution is 5.98. The van der Waals surface area contributed by atoms with Crippen LogP contribution in [0.4, 0.5) is 10.3 Å². The lowest BCUT2D eigenvalue weighted by atomic mass is 9.93. The Morgan fingerprint density at radius 3 is 2.62 bits per heavy atom. The summed E-state index contributed by atoms with van der Waals surface area (Å²) in [4.78, 5) is 20.1. The van der Waals surface area contributed by atoms with Crippen molar-refractivity contribution in [3.8, 4) is 0 Å². The summed E-state index contributed by atoms with van der Waals surface area (Å²) in [5, 5.41) is 3.31. The summed E-state index contributed by atoms with van der Waals surface area (Å²) in [5.41, 5.74) is 4.01. The molecule has 1 fully saturated rings. The van der Waals surface area contributed by atoms with E-state index in [2.05, 4.69) is 5.32 Å². The third-order valence-corrected chi connectivity index (χ3v) is 5.55. The molecular formula is C22H21FN4O2. The summed E-state index contributed by atoms with van der Waals surface area (Å²) >= 11 is 0. The van der Waals surface area contributed by atoms with E-state index in [1.807, 2.05) is 40.7 Å². The number of nitrogens with zero attached hydrogens (tertiary/aromatic N) is 3. The molecule has 2 aliphatic rings. The van der Waals surface area contributed by atoms with Gasteiger partial charge in [-0.3, -0.25) is 9.36 Å². The summed E-state index contributed by atoms with van der Waals surface area (Å²) in [6.45, 7) is 4.08. The molecule has 148 valence electrons. The number of hydrogen-bond donors (Lipinski definition) is 1. The number of allylic oxidation sites excluding steroid dienone is 1. The van der Waals surface area contributed by atoms with Gasteiger partial charge in [-0.2, -0.15) is 0 Å². The van der Waals surface area contributed by atoms with Crippen molar-refractivity contribution in [2.75, 3.05) is 31.6 Å². The summed E-state index contributed by atoms with van der Waals surface area (Å²) in [7, 11) is 0. The molecule has 29 heavy (non-hydrogen) atoms. The molecule has 6 nitrogen and oxygen atoms in total. The Labute approximate surface area is 167 Å². The van der Waals surface area contributed by atoms with Crippen molar-refractivity contribution in [3.63, 3.8) is 0 Å². The van der Waals surface area contributed by atoms with Crippen molar-refractivity contribution in [2.24, 2.45) is 0 Å². The zero-order valence-corrected chi connectivity index (χ0v) is 16.1. The molecule has 1 aromatic heterocycles. The first kappa shape index (κ1) is 17.9. The van der Waals surface area contributed by atoms with Gasteiger partial charge in [0, 0.05) is 18.8 Å². The number of aromatic nitrogens is 2. The maximum absolute atomic E-state index is 13.6. The number of carbonyl (C=O) groups is 1. The zero-order valence-electron chi connectivity index (χ0n) is 16.1. The van der Waals surface area contributed by atoms with Crippen LogP contribution in [0.5, 0.6) is 0 Å². The Bertz CT molecular complexity index is 1110. The molecule has 1 N–H and O–H groups in total. The van der Waals surface area contributed by atoms with Crippen LogP contribution in [0.3, 0.4) is 0 Å². The van der Waals surface area contributed by atoms with Crippen LogP contribution in [0.15, 0.2) is 59.8 Å². The first-order valence-corrected chi connectivity index (χ1v) is 9.71. The Hall–Kier alpha value is -3.19. The quantitative estimate of drug-likeness (QED) is 0.727. The number of nitrogens with one attached hydrogen (secondary N) is 1. The van der Waals surface area contributed by atoms with E-state index in [1.165, 1.54) is 12.1 Å². The number of ether oxygens (including phenoxy) is 1. The van der Waals surface area contributed by atoms with Gasteiger partial charge in [-0.25, -0.2) is 9.37 Å². The minimum Gasteiger partial charge on any atom is -0.378 e. The number of carbonyl (C=O) groups excluding carboxylic acids is 1. The minimum atomic E-state index is -0.394. The summed E-state index contributed by atoms with van der Waals surface area (Å²) < 4.78 is 21.1. The van der Waals surface area contributed by atoms with Gasteiger partial charge in [-0.1, -0.05) is 24.3 Å². The van der Waals surface area contributed by atoms with Crippen LogP contribution in [-0.4, -0.2) is 46.7 Å². The fourth-order valence-electron chi connectivity index (χ4n) is 4.14. The van der Waals surface area contributed by atoms with Crippen LogP contribution < -0.4 is 5.32 Å². The maximum Gasteiger partial charge on any atom is 0.254 e. The standard InChI is InChI=1S/C22H21FN4O2/c1-14-19(21(28)26-10-12-29-13-11-26)20(15-6-8-16(23)9-7-15)27-18-5-3-2-4-17(18)25-22(27)24-14/h2-9,20H,10-13H2,1H3,(H,24,25)/t20-/m0/s1. The normalized spacial score (nSPS) is 19.2. The first-order chi connectivity index (χ1) is 14.1. The number of imidazole rings is 1. The summed E-state index contributed by atoms with van der Waals surface area (Å²) in [6.07, 6.45) is 0. The molecule has 0 radical (unpaired) electrons. The van der Waals surface area contributed by atoms with E-state index in [1.54, 1.807) is 12.1 Å². The second kappa shape index (κ2) is 7.00. The first-order valence-electron chi connectivity index (χ1n) is 9.71. The molecule has 1 amide bonds. The average molecular weight is 392 g/mol. The van der Waals surface area contributed by atoms with Crippen LogP contribution in [-0.2, 0) is 9.53 Å². The number of benzene rings is 2. The number of morpholine rings is 1. The van der Waals surface area contributed by atoms with E-state index in [4.69, 9.17) is 9.72 Å². The third kappa shape index (κ3) is 2.98. The van der Waals surface area contributed by atoms with E-state index in [9.17, 15) is 9.18 Å². The summed E-state index contributed by atoms with van der Waals surface area (Å²) in [5.74, 6) is 0.341. The molecule has 0 aliphatic carbocycles. The second-order valence-corrected chi connectivity index (χ2v) is 7.32. The van der Waals surface area contributed by atoms with E-state index in [0.29, 0.717) is 37.8 Å². The highest BCUT2D eigenvalue weighted by atomic mass is 19.1. The fourth-order valence-corrected chi connectivity index (χ4v) is 4.14. The Kier molecular flexibility index (Phi) is 4.32. The Balaban J connectivity index is 1.69. The van der Waals surface area contributed by atoms with Crippen molar-refractivity contribution in [3.05, 3.63) is 71.2 Å². The van der Waals surface area contributed by atoms with Gasteiger partial charge >= 0.3 is 0 Å². The number of fused-ring (bicyclic) bond motifs is 3. The molecular weight excluding hydrogens is 371 g/mol. The van der Waals surface area contributed by atoms with Gasteiger partial charge in [-0.05, 0) is 36.8 Å². The zero-order chi connectivity index (χ0) is 20.0. The highest BCUT2D eigenvalue weighted by Crippen LogP contribution is 2.39. The van der Waals surface area contributed by atoms with Gasteiger partial charge in [0.05, 0.1) is 35.9 Å². The van der Waals surface area contributed by atoms with E-state index >= 15 is 0 Å². The lowest BCUT2D eigenvalue weighted by molar-refractivity contribution is -0.131.